The Labute approximate surface area is 123 Å². The number of urea groups is 1. The minimum absolute atomic E-state index is 0.204. The van der Waals surface area contributed by atoms with E-state index < -0.39 is 11.7 Å². The largest absolute Gasteiger partial charge is 0.416 e. The Kier molecular flexibility index (Phi) is 4.46. The van der Waals surface area contributed by atoms with Crippen LogP contribution in [0, 0.1) is 0 Å². The van der Waals surface area contributed by atoms with Gasteiger partial charge >= 0.3 is 12.2 Å². The Morgan fingerprint density at radius 2 is 2.00 bits per heavy atom. The summed E-state index contributed by atoms with van der Waals surface area (Å²) in [6.07, 6.45) is -2.79. The Bertz CT molecular complexity index is 596. The van der Waals surface area contributed by atoms with Crippen LogP contribution in [-0.2, 0) is 12.7 Å². The maximum atomic E-state index is 12.4. The van der Waals surface area contributed by atoms with Crippen molar-refractivity contribution in [1.82, 2.24) is 9.88 Å². The van der Waals surface area contributed by atoms with Crippen LogP contribution >= 0.6 is 11.3 Å². The van der Waals surface area contributed by atoms with Crippen molar-refractivity contribution >= 4 is 22.5 Å². The maximum absolute atomic E-state index is 12.4. The minimum Gasteiger partial charge on any atom is -0.323 e. The van der Waals surface area contributed by atoms with Crippen molar-refractivity contribution < 1.29 is 18.0 Å². The van der Waals surface area contributed by atoms with Crippen molar-refractivity contribution in [3.05, 3.63) is 47.0 Å². The summed E-state index contributed by atoms with van der Waals surface area (Å²) in [5, 5.41) is 4.79. The zero-order valence-electron chi connectivity index (χ0n) is 11.0. The summed E-state index contributed by atoms with van der Waals surface area (Å²) in [5.74, 6) is 0. The van der Waals surface area contributed by atoms with Crippen molar-refractivity contribution in [1.29, 1.82) is 0 Å². The van der Waals surface area contributed by atoms with Crippen LogP contribution in [0.1, 0.15) is 11.1 Å². The fourth-order valence-electron chi connectivity index (χ4n) is 1.62. The first kappa shape index (κ1) is 15.3. The predicted molar refractivity (Wildman–Crippen MR) is 74.0 cm³/mol. The van der Waals surface area contributed by atoms with Crippen molar-refractivity contribution in [3.63, 3.8) is 0 Å². The van der Waals surface area contributed by atoms with Gasteiger partial charge in [-0.15, -0.1) is 11.3 Å². The summed E-state index contributed by atoms with van der Waals surface area (Å²) in [6.45, 7) is 0.204. The molecule has 1 N–H and O–H groups in total. The molecule has 0 spiro atoms. The van der Waals surface area contributed by atoms with E-state index in [2.05, 4.69) is 10.3 Å². The predicted octanol–water partition coefficient (Wildman–Crippen LogP) is 3.83. The number of halogens is 3. The van der Waals surface area contributed by atoms with Gasteiger partial charge < -0.3 is 4.90 Å². The molecule has 4 nitrogen and oxygen atoms in total. The molecule has 1 heterocycles. The highest BCUT2D eigenvalue weighted by molar-refractivity contribution is 7.13. The van der Waals surface area contributed by atoms with Crippen LogP contribution in [0.15, 0.2) is 35.8 Å². The molecular formula is C13H12F3N3OS. The zero-order chi connectivity index (χ0) is 15.5. The second kappa shape index (κ2) is 6.13. The molecule has 0 aliphatic rings. The molecule has 0 unspecified atom stereocenters. The van der Waals surface area contributed by atoms with E-state index in [-0.39, 0.29) is 12.6 Å². The number of rotatable bonds is 3. The van der Waals surface area contributed by atoms with Crippen molar-refractivity contribution in [3.8, 4) is 0 Å². The van der Waals surface area contributed by atoms with Gasteiger partial charge in [-0.05, 0) is 17.7 Å². The molecule has 2 aromatic rings. The molecule has 0 saturated carbocycles. The molecular weight excluding hydrogens is 303 g/mol. The third-order valence-electron chi connectivity index (χ3n) is 2.69. The summed E-state index contributed by atoms with van der Waals surface area (Å²) >= 11 is 1.28. The molecule has 0 bridgehead atoms. The molecule has 0 atom stereocenters. The number of anilines is 1. The van der Waals surface area contributed by atoms with E-state index in [9.17, 15) is 18.0 Å². The molecule has 0 aliphatic carbocycles. The molecule has 0 radical (unpaired) electrons. The Morgan fingerprint density at radius 1 is 1.33 bits per heavy atom. The number of carbonyl (C=O) groups is 1. The number of aromatic nitrogens is 1. The number of nitrogens with zero attached hydrogens (tertiary/aromatic N) is 2. The Hall–Kier alpha value is -2.09. The average Bonchev–Trinajstić information content (AvgIpc) is 2.91. The summed E-state index contributed by atoms with van der Waals surface area (Å²) < 4.78 is 37.3. The van der Waals surface area contributed by atoms with Gasteiger partial charge in [0.2, 0.25) is 0 Å². The van der Waals surface area contributed by atoms with Crippen LogP contribution < -0.4 is 5.32 Å². The second-order valence-corrected chi connectivity index (χ2v) is 5.21. The lowest BCUT2D eigenvalue weighted by Crippen LogP contribution is -2.30. The second-order valence-electron chi connectivity index (χ2n) is 4.32. The van der Waals surface area contributed by atoms with Crippen LogP contribution in [-0.4, -0.2) is 23.0 Å². The highest BCUT2D eigenvalue weighted by Gasteiger charge is 2.29. The van der Waals surface area contributed by atoms with Crippen molar-refractivity contribution in [2.75, 3.05) is 12.4 Å². The van der Waals surface area contributed by atoms with Crippen LogP contribution in [0.25, 0.3) is 0 Å². The van der Waals surface area contributed by atoms with Crippen LogP contribution in [0.2, 0.25) is 0 Å². The van der Waals surface area contributed by atoms with Crippen molar-refractivity contribution in [2.45, 2.75) is 12.7 Å². The summed E-state index contributed by atoms with van der Waals surface area (Å²) in [4.78, 5) is 17.1. The number of carbonyl (C=O) groups excluding carboxylic acids is 1. The van der Waals surface area contributed by atoms with Gasteiger partial charge in [0.05, 0.1) is 5.56 Å². The van der Waals surface area contributed by atoms with Gasteiger partial charge in [-0.1, -0.05) is 12.1 Å². The van der Waals surface area contributed by atoms with Gasteiger partial charge in [0.15, 0.2) is 5.13 Å². The molecule has 1 aromatic carbocycles. The Morgan fingerprint density at radius 3 is 2.52 bits per heavy atom. The number of hydrogen-bond donors (Lipinski definition) is 1. The first-order valence-corrected chi connectivity index (χ1v) is 6.82. The van der Waals surface area contributed by atoms with Crippen LogP contribution in [0.3, 0.4) is 0 Å². The van der Waals surface area contributed by atoms with E-state index in [1.165, 1.54) is 28.4 Å². The average molecular weight is 315 g/mol. The fraction of sp³-hybridized carbons (Fsp3) is 0.231. The topological polar surface area (TPSA) is 45.2 Å². The first-order chi connectivity index (χ1) is 9.86. The number of hydrogen-bond acceptors (Lipinski definition) is 3. The Balaban J connectivity index is 1.96. The smallest absolute Gasteiger partial charge is 0.323 e. The van der Waals surface area contributed by atoms with E-state index >= 15 is 0 Å². The quantitative estimate of drug-likeness (QED) is 0.935. The van der Waals surface area contributed by atoms with E-state index in [4.69, 9.17) is 0 Å². The molecule has 0 fully saturated rings. The number of amides is 2. The number of benzene rings is 1. The van der Waals surface area contributed by atoms with Gasteiger partial charge in [0, 0.05) is 25.2 Å². The number of alkyl halides is 3. The monoisotopic (exact) mass is 315 g/mol. The van der Waals surface area contributed by atoms with Crippen molar-refractivity contribution in [2.24, 2.45) is 0 Å². The first-order valence-electron chi connectivity index (χ1n) is 5.94. The van der Waals surface area contributed by atoms with Crippen LogP contribution in [0.5, 0.6) is 0 Å². The highest BCUT2D eigenvalue weighted by atomic mass is 32.1. The van der Waals surface area contributed by atoms with E-state index in [1.807, 2.05) is 0 Å². The third kappa shape index (κ3) is 4.19. The standard InChI is InChI=1S/C13H12F3N3OS/c1-19(12(20)18-11-17-6-7-21-11)8-9-2-4-10(5-3-9)13(14,15)16/h2-7H,8H2,1H3,(H,17,18,20). The molecule has 112 valence electrons. The van der Waals surface area contributed by atoms with Gasteiger partial charge in [0.1, 0.15) is 0 Å². The maximum Gasteiger partial charge on any atom is 0.416 e. The highest BCUT2D eigenvalue weighted by Crippen LogP contribution is 2.29. The summed E-state index contributed by atoms with van der Waals surface area (Å²) in [7, 11) is 1.56. The van der Waals surface area contributed by atoms with Gasteiger partial charge in [-0.2, -0.15) is 13.2 Å². The lowest BCUT2D eigenvalue weighted by Gasteiger charge is -2.17. The molecule has 0 saturated heterocycles. The van der Waals surface area contributed by atoms with Gasteiger partial charge in [-0.25, -0.2) is 9.78 Å². The van der Waals surface area contributed by atoms with Gasteiger partial charge in [-0.3, -0.25) is 5.32 Å². The lowest BCUT2D eigenvalue weighted by molar-refractivity contribution is -0.137. The molecule has 0 aliphatic heterocycles. The molecule has 2 amide bonds. The SMILES string of the molecule is CN(Cc1ccc(C(F)(F)F)cc1)C(=O)Nc1nccs1. The third-order valence-corrected chi connectivity index (χ3v) is 3.38. The number of nitrogens with one attached hydrogen (secondary N) is 1. The fourth-order valence-corrected chi connectivity index (χ4v) is 2.14. The van der Waals surface area contributed by atoms with E-state index in [1.54, 1.807) is 18.6 Å². The van der Waals surface area contributed by atoms with Gasteiger partial charge in [0.25, 0.3) is 0 Å². The summed E-state index contributed by atoms with van der Waals surface area (Å²) in [5.41, 5.74) is -0.0964. The zero-order valence-corrected chi connectivity index (χ0v) is 11.8. The van der Waals surface area contributed by atoms with E-state index in [0.29, 0.717) is 10.7 Å². The summed E-state index contributed by atoms with van der Waals surface area (Å²) in [6, 6.07) is 4.35. The molecule has 1 aromatic heterocycles. The molecule has 21 heavy (non-hydrogen) atoms. The molecule has 8 heteroatoms. The normalized spacial score (nSPS) is 11.2. The van der Waals surface area contributed by atoms with Crippen LogP contribution in [0.4, 0.5) is 23.1 Å². The lowest BCUT2D eigenvalue weighted by atomic mass is 10.1. The molecule has 2 rings (SSSR count). The number of thiazole rings is 1. The van der Waals surface area contributed by atoms with E-state index in [0.717, 1.165) is 12.1 Å². The minimum atomic E-state index is -4.35.